The summed E-state index contributed by atoms with van der Waals surface area (Å²) in [6.07, 6.45) is 7.77. The van der Waals surface area contributed by atoms with Crippen molar-refractivity contribution in [1.29, 1.82) is 0 Å². The Hall–Kier alpha value is -0.540. The van der Waals surface area contributed by atoms with E-state index < -0.39 is 0 Å². The molecule has 1 aromatic rings. The Morgan fingerprint density at radius 1 is 1.36 bits per heavy atom. The molecule has 0 saturated heterocycles. The average Bonchev–Trinajstić information content (AvgIpc) is 2.33. The van der Waals surface area contributed by atoms with Crippen LogP contribution in [0.1, 0.15) is 18.7 Å². The van der Waals surface area contributed by atoms with Crippen LogP contribution in [-0.4, -0.2) is 9.55 Å². The fourth-order valence-electron chi connectivity index (χ4n) is 1.34. The third-order valence-electron chi connectivity index (χ3n) is 1.85. The number of imidazole rings is 1. The zero-order valence-electron chi connectivity index (χ0n) is 6.49. The number of hydrogen-bond acceptors (Lipinski definition) is 2. The van der Waals surface area contributed by atoms with Gasteiger partial charge in [-0.05, 0) is 12.8 Å². The molecule has 0 aliphatic carbocycles. The zero-order valence-corrected chi connectivity index (χ0v) is 7.31. The van der Waals surface area contributed by atoms with Crippen molar-refractivity contribution in [1.82, 2.24) is 15.7 Å². The first-order valence-electron chi connectivity index (χ1n) is 3.47. The van der Waals surface area contributed by atoms with Gasteiger partial charge in [0, 0.05) is 25.4 Å². The molecule has 0 saturated carbocycles. The number of fused-ring (bicyclic) bond motifs is 1. The Morgan fingerprint density at radius 3 is 2.91 bits per heavy atom. The lowest BCUT2D eigenvalue weighted by Gasteiger charge is -2.11. The maximum absolute atomic E-state index is 4.22. The van der Waals surface area contributed by atoms with E-state index in [1.54, 1.807) is 0 Å². The van der Waals surface area contributed by atoms with Crippen LogP contribution < -0.4 is 6.15 Å². The molecule has 0 radical (unpaired) electrons. The topological polar surface area (TPSA) is 52.8 Å². The largest absolute Gasteiger partial charge is 0.344 e. The zero-order chi connectivity index (χ0) is 6.10. The van der Waals surface area contributed by atoms with E-state index in [4.69, 9.17) is 0 Å². The molecule has 0 unspecified atom stereocenters. The molecule has 2 rings (SSSR count). The van der Waals surface area contributed by atoms with Crippen LogP contribution >= 0.6 is 12.4 Å². The Labute approximate surface area is 72.8 Å². The summed E-state index contributed by atoms with van der Waals surface area (Å²) in [6, 6.07) is 0. The lowest BCUT2D eigenvalue weighted by Crippen LogP contribution is -2.08. The molecule has 0 spiro atoms. The van der Waals surface area contributed by atoms with Gasteiger partial charge in [0.05, 0.1) is 0 Å². The number of halogens is 1. The Morgan fingerprint density at radius 2 is 2.18 bits per heavy atom. The standard InChI is InChI=1S/C7H10N2.ClH.H3N/c1-2-5-9-6-4-8-7(9)3-1;;/h4,6H,1-3,5H2;1H;1H3. The first-order chi connectivity index (χ1) is 4.47. The van der Waals surface area contributed by atoms with E-state index in [9.17, 15) is 0 Å². The van der Waals surface area contributed by atoms with Crippen molar-refractivity contribution in [3.63, 3.8) is 0 Å². The van der Waals surface area contributed by atoms with Gasteiger partial charge >= 0.3 is 0 Å². The quantitative estimate of drug-likeness (QED) is 0.654. The van der Waals surface area contributed by atoms with Crippen LogP contribution in [-0.2, 0) is 13.0 Å². The van der Waals surface area contributed by atoms with Gasteiger partial charge in [-0.15, -0.1) is 12.4 Å². The second-order valence-corrected chi connectivity index (χ2v) is 2.49. The highest BCUT2D eigenvalue weighted by Gasteiger charge is 2.06. The molecule has 11 heavy (non-hydrogen) atoms. The van der Waals surface area contributed by atoms with Crippen molar-refractivity contribution in [3.05, 3.63) is 18.2 Å². The summed E-state index contributed by atoms with van der Waals surface area (Å²) < 4.78 is 2.24. The molecule has 2 heterocycles. The van der Waals surface area contributed by atoms with E-state index in [2.05, 4.69) is 15.7 Å². The van der Waals surface area contributed by atoms with Gasteiger partial charge in [-0.2, -0.15) is 0 Å². The van der Waals surface area contributed by atoms with Crippen LogP contribution in [0.5, 0.6) is 0 Å². The lowest BCUT2D eigenvalue weighted by atomic mass is 10.2. The first kappa shape index (κ1) is 10.5. The van der Waals surface area contributed by atoms with Crippen LogP contribution in [0.2, 0.25) is 0 Å². The predicted octanol–water partition coefficient (Wildman–Crippen LogP) is 1.80. The van der Waals surface area contributed by atoms with Gasteiger partial charge in [0.15, 0.2) is 0 Å². The maximum atomic E-state index is 4.22. The molecule has 0 amide bonds. The Kier molecular flexibility index (Phi) is 4.15. The molecule has 1 aromatic heterocycles. The van der Waals surface area contributed by atoms with E-state index in [1.165, 1.54) is 31.6 Å². The SMILES string of the molecule is Cl.N.c1cn2c(n1)CCCC2. The van der Waals surface area contributed by atoms with Crippen molar-refractivity contribution in [2.75, 3.05) is 0 Å². The van der Waals surface area contributed by atoms with Crippen molar-refractivity contribution >= 4 is 12.4 Å². The summed E-state index contributed by atoms with van der Waals surface area (Å²) in [5.41, 5.74) is 0. The number of rotatable bonds is 0. The highest BCUT2D eigenvalue weighted by Crippen LogP contribution is 2.10. The summed E-state index contributed by atoms with van der Waals surface area (Å²) in [5, 5.41) is 0. The van der Waals surface area contributed by atoms with Gasteiger partial charge in [0.2, 0.25) is 0 Å². The first-order valence-corrected chi connectivity index (χ1v) is 3.47. The summed E-state index contributed by atoms with van der Waals surface area (Å²) >= 11 is 0. The lowest BCUT2D eigenvalue weighted by molar-refractivity contribution is 0.522. The molecule has 4 heteroatoms. The van der Waals surface area contributed by atoms with E-state index in [0.717, 1.165) is 0 Å². The third-order valence-corrected chi connectivity index (χ3v) is 1.85. The van der Waals surface area contributed by atoms with Crippen LogP contribution in [0.25, 0.3) is 0 Å². The van der Waals surface area contributed by atoms with E-state index in [1.807, 2.05) is 6.20 Å². The molecule has 64 valence electrons. The fourth-order valence-corrected chi connectivity index (χ4v) is 1.34. The summed E-state index contributed by atoms with van der Waals surface area (Å²) in [7, 11) is 0. The van der Waals surface area contributed by atoms with E-state index >= 15 is 0 Å². The molecule has 1 aliphatic rings. The monoisotopic (exact) mass is 175 g/mol. The van der Waals surface area contributed by atoms with Crippen molar-refractivity contribution in [2.45, 2.75) is 25.8 Å². The maximum Gasteiger partial charge on any atom is 0.108 e. The second-order valence-electron chi connectivity index (χ2n) is 2.49. The minimum atomic E-state index is 0. The smallest absolute Gasteiger partial charge is 0.108 e. The van der Waals surface area contributed by atoms with E-state index in [-0.39, 0.29) is 18.6 Å². The Balaban J connectivity index is 0.000000500. The van der Waals surface area contributed by atoms with Crippen molar-refractivity contribution < 1.29 is 0 Å². The molecular formula is C7H14ClN3. The van der Waals surface area contributed by atoms with E-state index in [0.29, 0.717) is 0 Å². The number of aromatic nitrogens is 2. The summed E-state index contributed by atoms with van der Waals surface area (Å²) in [4.78, 5) is 4.22. The molecule has 0 atom stereocenters. The fraction of sp³-hybridized carbons (Fsp3) is 0.571. The van der Waals surface area contributed by atoms with Crippen LogP contribution in [0.3, 0.4) is 0 Å². The molecule has 3 nitrogen and oxygen atoms in total. The van der Waals surface area contributed by atoms with Gasteiger partial charge in [0.1, 0.15) is 5.82 Å². The number of nitrogens with zero attached hydrogens (tertiary/aromatic N) is 2. The van der Waals surface area contributed by atoms with Crippen LogP contribution in [0.4, 0.5) is 0 Å². The van der Waals surface area contributed by atoms with Gasteiger partial charge in [-0.1, -0.05) is 0 Å². The highest BCUT2D eigenvalue weighted by atomic mass is 35.5. The Bertz CT molecular complexity index is 189. The minimum absolute atomic E-state index is 0. The number of hydrogen-bond donors (Lipinski definition) is 1. The molecule has 3 N–H and O–H groups in total. The molecule has 1 aliphatic heterocycles. The van der Waals surface area contributed by atoms with Gasteiger partial charge < -0.3 is 10.7 Å². The molecule has 0 fully saturated rings. The summed E-state index contributed by atoms with van der Waals surface area (Å²) in [5.74, 6) is 1.27. The third kappa shape index (κ3) is 1.94. The van der Waals surface area contributed by atoms with Crippen LogP contribution in [0, 0.1) is 0 Å². The number of aryl methyl sites for hydroxylation is 2. The second kappa shape index (κ2) is 4.36. The highest BCUT2D eigenvalue weighted by molar-refractivity contribution is 5.85. The van der Waals surface area contributed by atoms with Gasteiger partial charge in [-0.3, -0.25) is 0 Å². The van der Waals surface area contributed by atoms with Gasteiger partial charge in [0.25, 0.3) is 0 Å². The van der Waals surface area contributed by atoms with Crippen molar-refractivity contribution in [2.24, 2.45) is 0 Å². The predicted molar refractivity (Wildman–Crippen MR) is 47.4 cm³/mol. The molecular weight excluding hydrogens is 162 g/mol. The average molecular weight is 176 g/mol. The van der Waals surface area contributed by atoms with Gasteiger partial charge in [-0.25, -0.2) is 4.98 Å². The molecule has 0 bridgehead atoms. The molecule has 0 aromatic carbocycles. The van der Waals surface area contributed by atoms with Crippen LogP contribution in [0.15, 0.2) is 12.4 Å². The minimum Gasteiger partial charge on any atom is -0.344 e. The summed E-state index contributed by atoms with van der Waals surface area (Å²) in [6.45, 7) is 1.18. The normalized spacial score (nSPS) is 14.2. The van der Waals surface area contributed by atoms with Crippen molar-refractivity contribution in [3.8, 4) is 0 Å².